The highest BCUT2D eigenvalue weighted by Crippen LogP contribution is 2.27. The maximum atomic E-state index is 11.2. The molecule has 3 rings (SSSR count). The van der Waals surface area contributed by atoms with Gasteiger partial charge in [-0.05, 0) is 42.3 Å². The second-order valence-electron chi connectivity index (χ2n) is 6.03. The third-order valence-electron chi connectivity index (χ3n) is 4.41. The Morgan fingerprint density at radius 1 is 1.23 bits per heavy atom. The molecule has 4 N–H and O–H groups in total. The molecule has 0 bridgehead atoms. The summed E-state index contributed by atoms with van der Waals surface area (Å²) in [5.41, 5.74) is 13.0. The summed E-state index contributed by atoms with van der Waals surface area (Å²) in [6.07, 6.45) is 8.62. The lowest BCUT2D eigenvalue weighted by atomic mass is 9.82. The number of benzene rings is 1. The van der Waals surface area contributed by atoms with Crippen LogP contribution < -0.4 is 16.6 Å². The lowest BCUT2D eigenvalue weighted by molar-refractivity contribution is -0.119. The number of carbonyl (C=O) groups excluding carboxylic acids is 1. The van der Waals surface area contributed by atoms with Crippen LogP contribution in [0.15, 0.2) is 36.7 Å². The van der Waals surface area contributed by atoms with Gasteiger partial charge in [0.05, 0.1) is 0 Å². The molecule has 22 heavy (non-hydrogen) atoms. The fourth-order valence-electron chi connectivity index (χ4n) is 3.24. The number of amides is 1. The minimum Gasteiger partial charge on any atom is -0.370 e. The number of nitrogens with one attached hydrogen (secondary N) is 2. The lowest BCUT2D eigenvalue weighted by Gasteiger charge is -2.32. The zero-order chi connectivity index (χ0) is 15.4. The number of anilines is 1. The Bertz CT molecular complexity index is 658. The molecule has 5 heteroatoms. The van der Waals surface area contributed by atoms with Crippen molar-refractivity contribution in [3.05, 3.63) is 36.7 Å². The van der Waals surface area contributed by atoms with Crippen molar-refractivity contribution >= 4 is 22.4 Å². The van der Waals surface area contributed by atoms with Crippen molar-refractivity contribution in [1.29, 1.82) is 0 Å². The normalized spacial score (nSPS) is 21.6. The molecule has 116 valence electrons. The summed E-state index contributed by atoms with van der Waals surface area (Å²) in [4.78, 5) is 15.3. The molecule has 0 radical (unpaired) electrons. The Kier molecular flexibility index (Phi) is 4.53. The zero-order valence-corrected chi connectivity index (χ0v) is 12.6. The summed E-state index contributed by atoms with van der Waals surface area (Å²) in [6.45, 7) is 0. The molecule has 0 aliphatic heterocycles. The molecule has 1 saturated carbocycles. The largest absolute Gasteiger partial charge is 0.370 e. The molecule has 2 aromatic rings. The highest BCUT2D eigenvalue weighted by molar-refractivity contribution is 5.84. The van der Waals surface area contributed by atoms with Gasteiger partial charge in [0, 0.05) is 35.9 Å². The molecule has 1 heterocycles. The molecule has 1 fully saturated rings. The van der Waals surface area contributed by atoms with Gasteiger partial charge in [-0.2, -0.15) is 0 Å². The quantitative estimate of drug-likeness (QED) is 0.741. The second kappa shape index (κ2) is 6.75. The minimum atomic E-state index is -0.211. The van der Waals surface area contributed by atoms with Crippen LogP contribution in [0.3, 0.4) is 0 Å². The van der Waals surface area contributed by atoms with Crippen LogP contribution in [0.25, 0.3) is 10.8 Å². The monoisotopic (exact) mass is 298 g/mol. The molecule has 2 atom stereocenters. The van der Waals surface area contributed by atoms with E-state index in [0.29, 0.717) is 12.3 Å². The molecule has 1 aliphatic rings. The summed E-state index contributed by atoms with van der Waals surface area (Å²) < 4.78 is 0. The summed E-state index contributed by atoms with van der Waals surface area (Å²) in [7, 11) is 0. The predicted molar refractivity (Wildman–Crippen MR) is 88.1 cm³/mol. The van der Waals surface area contributed by atoms with Crippen LogP contribution in [-0.2, 0) is 4.79 Å². The molecule has 1 aromatic carbocycles. The first-order chi connectivity index (χ1) is 10.7. The Balaban J connectivity index is 1.65. The highest BCUT2D eigenvalue weighted by Gasteiger charge is 2.26. The Morgan fingerprint density at radius 2 is 2.09 bits per heavy atom. The first kappa shape index (κ1) is 14.8. The van der Waals surface area contributed by atoms with Crippen molar-refractivity contribution in [2.45, 2.75) is 38.1 Å². The second-order valence-corrected chi connectivity index (χ2v) is 6.03. The van der Waals surface area contributed by atoms with Crippen molar-refractivity contribution in [2.24, 2.45) is 11.7 Å². The Labute approximate surface area is 130 Å². The summed E-state index contributed by atoms with van der Waals surface area (Å²) in [6, 6.07) is 8.46. The molecule has 1 aliphatic carbocycles. The van der Waals surface area contributed by atoms with Crippen LogP contribution in [0, 0.1) is 5.92 Å². The van der Waals surface area contributed by atoms with Gasteiger partial charge in [-0.3, -0.25) is 9.78 Å². The number of fused-ring (bicyclic) bond motifs is 1. The van der Waals surface area contributed by atoms with Crippen LogP contribution in [0.5, 0.6) is 0 Å². The maximum Gasteiger partial charge on any atom is 0.217 e. The zero-order valence-electron chi connectivity index (χ0n) is 12.6. The van der Waals surface area contributed by atoms with Crippen molar-refractivity contribution < 1.29 is 4.79 Å². The summed E-state index contributed by atoms with van der Waals surface area (Å²) in [5, 5.41) is 2.27. The van der Waals surface area contributed by atoms with Crippen LogP contribution in [0.4, 0.5) is 5.69 Å². The predicted octanol–water partition coefficient (Wildman–Crippen LogP) is 2.59. The van der Waals surface area contributed by atoms with E-state index in [9.17, 15) is 4.79 Å². The number of aromatic nitrogens is 1. The molecule has 5 nitrogen and oxygen atoms in total. The Hall–Kier alpha value is -2.14. The van der Waals surface area contributed by atoms with Crippen LogP contribution >= 0.6 is 0 Å². The van der Waals surface area contributed by atoms with E-state index in [2.05, 4.69) is 21.9 Å². The number of pyridine rings is 1. The standard InChI is InChI=1S/C17H22N4O/c18-17(22)10-13-3-1-2-4-16(13)21-20-15-6-5-14-11-19-8-7-12(14)9-15/h5-9,11,13,16,20-21H,1-4,10H2,(H2,18,22). The topological polar surface area (TPSA) is 80.0 Å². The number of rotatable bonds is 5. The van der Waals surface area contributed by atoms with Gasteiger partial charge >= 0.3 is 0 Å². The lowest BCUT2D eigenvalue weighted by Crippen LogP contribution is -2.43. The number of nitrogens with zero attached hydrogens (tertiary/aromatic N) is 1. The molecule has 1 amide bonds. The SMILES string of the molecule is NC(=O)CC1CCCCC1NNc1ccc2cnccc2c1. The third kappa shape index (κ3) is 3.54. The molecule has 1 aromatic heterocycles. The van der Waals surface area contributed by atoms with Crippen molar-refractivity contribution in [3.8, 4) is 0 Å². The van der Waals surface area contributed by atoms with Gasteiger partial charge in [-0.15, -0.1) is 0 Å². The van der Waals surface area contributed by atoms with Gasteiger partial charge in [0.2, 0.25) is 5.91 Å². The van der Waals surface area contributed by atoms with E-state index in [1.165, 1.54) is 12.8 Å². The first-order valence-electron chi connectivity index (χ1n) is 7.86. The number of hydrazine groups is 1. The smallest absolute Gasteiger partial charge is 0.217 e. The van der Waals surface area contributed by atoms with E-state index in [4.69, 9.17) is 5.73 Å². The summed E-state index contributed by atoms with van der Waals surface area (Å²) in [5.74, 6) is 0.111. The third-order valence-corrected chi connectivity index (χ3v) is 4.41. The number of primary amides is 1. The van der Waals surface area contributed by atoms with Gasteiger partial charge < -0.3 is 11.2 Å². The van der Waals surface area contributed by atoms with E-state index >= 15 is 0 Å². The number of hydrogen-bond donors (Lipinski definition) is 3. The molecule has 0 spiro atoms. The fraction of sp³-hybridized carbons (Fsp3) is 0.412. The van der Waals surface area contributed by atoms with Crippen molar-refractivity contribution in [2.75, 3.05) is 5.43 Å². The number of hydrogen-bond acceptors (Lipinski definition) is 4. The highest BCUT2D eigenvalue weighted by atomic mass is 16.1. The van der Waals surface area contributed by atoms with Crippen LogP contribution in [-0.4, -0.2) is 16.9 Å². The molecular weight excluding hydrogens is 276 g/mol. The van der Waals surface area contributed by atoms with E-state index in [-0.39, 0.29) is 11.9 Å². The van der Waals surface area contributed by atoms with Gasteiger partial charge in [-0.1, -0.05) is 18.9 Å². The van der Waals surface area contributed by atoms with Crippen molar-refractivity contribution in [1.82, 2.24) is 10.4 Å². The maximum absolute atomic E-state index is 11.2. The van der Waals surface area contributed by atoms with Gasteiger partial charge in [0.1, 0.15) is 0 Å². The average molecular weight is 298 g/mol. The van der Waals surface area contributed by atoms with Crippen LogP contribution in [0.2, 0.25) is 0 Å². The van der Waals surface area contributed by atoms with Crippen LogP contribution in [0.1, 0.15) is 32.1 Å². The van der Waals surface area contributed by atoms with E-state index in [0.717, 1.165) is 29.3 Å². The van der Waals surface area contributed by atoms with Gasteiger partial charge in [-0.25, -0.2) is 5.43 Å². The number of nitrogens with two attached hydrogens (primary N) is 1. The van der Waals surface area contributed by atoms with E-state index in [1.54, 1.807) is 6.20 Å². The van der Waals surface area contributed by atoms with Gasteiger partial charge in [0.25, 0.3) is 0 Å². The summed E-state index contributed by atoms with van der Waals surface area (Å²) >= 11 is 0. The van der Waals surface area contributed by atoms with Gasteiger partial charge in [0.15, 0.2) is 0 Å². The fourth-order valence-corrected chi connectivity index (χ4v) is 3.24. The average Bonchev–Trinajstić information content (AvgIpc) is 2.53. The number of carbonyl (C=O) groups is 1. The first-order valence-corrected chi connectivity index (χ1v) is 7.86. The van der Waals surface area contributed by atoms with Crippen molar-refractivity contribution in [3.63, 3.8) is 0 Å². The Morgan fingerprint density at radius 3 is 2.95 bits per heavy atom. The molecule has 2 unspecified atom stereocenters. The molecular formula is C17H22N4O. The van der Waals surface area contributed by atoms with E-state index in [1.807, 2.05) is 24.4 Å². The molecule has 0 saturated heterocycles. The minimum absolute atomic E-state index is 0.211. The van der Waals surface area contributed by atoms with E-state index < -0.39 is 0 Å².